The maximum Gasteiger partial charge on any atom is 0.0178 e. The quantitative estimate of drug-likeness (QED) is 0.700. The van der Waals surface area contributed by atoms with Crippen molar-refractivity contribution in [2.75, 3.05) is 0 Å². The van der Waals surface area contributed by atoms with Crippen LogP contribution in [0.1, 0.15) is 11.1 Å². The van der Waals surface area contributed by atoms with Gasteiger partial charge in [0.15, 0.2) is 0 Å². The van der Waals surface area contributed by atoms with E-state index in [1.54, 1.807) is 0 Å². The number of hydrogen-bond acceptors (Lipinski definition) is 2. The lowest BCUT2D eigenvalue weighted by molar-refractivity contribution is 1.06. The fourth-order valence-corrected chi connectivity index (χ4v) is 1.06. The number of nitrogens with two attached hydrogens (primary N) is 2. The lowest BCUT2D eigenvalue weighted by atomic mass is 10.1. The molecule has 1 rings (SSSR count). The molecule has 0 aliphatic heterocycles. The van der Waals surface area contributed by atoms with Crippen LogP contribution in [-0.4, -0.2) is 0 Å². The monoisotopic (exact) mass is 162 g/mol. The second-order valence-electron chi connectivity index (χ2n) is 2.86. The van der Waals surface area contributed by atoms with Gasteiger partial charge in [-0.1, -0.05) is 30.8 Å². The third kappa shape index (κ3) is 2.40. The Morgan fingerprint density at radius 3 is 2.08 bits per heavy atom. The number of benzene rings is 1. The number of rotatable bonds is 3. The third-order valence-electron chi connectivity index (χ3n) is 1.69. The second kappa shape index (κ2) is 3.93. The minimum Gasteiger partial charge on any atom is -0.402 e. The summed E-state index contributed by atoms with van der Waals surface area (Å²) in [6.07, 6.45) is 0.741. The summed E-state index contributed by atoms with van der Waals surface area (Å²) in [5, 5.41) is 0. The van der Waals surface area contributed by atoms with Crippen molar-refractivity contribution in [1.29, 1.82) is 0 Å². The van der Waals surface area contributed by atoms with Crippen LogP contribution in [0.15, 0.2) is 36.5 Å². The van der Waals surface area contributed by atoms with Gasteiger partial charge >= 0.3 is 0 Å². The first kappa shape index (κ1) is 8.81. The molecule has 0 aliphatic rings. The molecule has 0 bridgehead atoms. The van der Waals surface area contributed by atoms with Gasteiger partial charge in [0.2, 0.25) is 0 Å². The molecule has 0 aromatic heterocycles. The summed E-state index contributed by atoms with van der Waals surface area (Å²) in [5.74, 6) is 0. The first-order chi connectivity index (χ1) is 5.72. The fraction of sp³-hybridized carbons (Fsp3) is 0.200. The van der Waals surface area contributed by atoms with E-state index in [4.69, 9.17) is 11.5 Å². The predicted molar refractivity (Wildman–Crippen MR) is 51.4 cm³/mol. The molecule has 0 amide bonds. The van der Waals surface area contributed by atoms with E-state index < -0.39 is 0 Å². The van der Waals surface area contributed by atoms with Crippen molar-refractivity contribution in [3.63, 3.8) is 0 Å². The molecule has 0 heterocycles. The molecule has 1 aromatic rings. The van der Waals surface area contributed by atoms with Crippen molar-refractivity contribution in [1.82, 2.24) is 0 Å². The Bertz CT molecular complexity index is 262. The maximum atomic E-state index is 5.48. The van der Waals surface area contributed by atoms with E-state index in [-0.39, 0.29) is 0 Å². The Balaban J connectivity index is 2.71. The first-order valence-corrected chi connectivity index (χ1v) is 3.93. The topological polar surface area (TPSA) is 52.0 Å². The molecule has 0 unspecified atom stereocenters. The summed E-state index contributed by atoms with van der Waals surface area (Å²) >= 11 is 0. The van der Waals surface area contributed by atoms with Crippen molar-refractivity contribution in [3.05, 3.63) is 47.7 Å². The molecule has 0 fully saturated rings. The highest BCUT2D eigenvalue weighted by Gasteiger charge is 1.93. The van der Waals surface area contributed by atoms with E-state index in [1.807, 2.05) is 24.3 Å². The Morgan fingerprint density at radius 1 is 1.17 bits per heavy atom. The van der Waals surface area contributed by atoms with E-state index >= 15 is 0 Å². The molecule has 2 heteroatoms. The molecule has 0 radical (unpaired) electrons. The third-order valence-corrected chi connectivity index (χ3v) is 1.69. The first-order valence-electron chi connectivity index (χ1n) is 3.93. The van der Waals surface area contributed by atoms with Gasteiger partial charge in [0.05, 0.1) is 0 Å². The normalized spacial score (nSPS) is 9.75. The van der Waals surface area contributed by atoms with Crippen molar-refractivity contribution < 1.29 is 0 Å². The van der Waals surface area contributed by atoms with Crippen molar-refractivity contribution in [3.8, 4) is 0 Å². The Hall–Kier alpha value is -1.28. The molecule has 64 valence electrons. The summed E-state index contributed by atoms with van der Waals surface area (Å²) in [6.45, 7) is 4.23. The number of allylic oxidation sites excluding steroid dienone is 1. The van der Waals surface area contributed by atoms with Gasteiger partial charge in [-0.3, -0.25) is 0 Å². The molecule has 2 nitrogen and oxygen atoms in total. The average molecular weight is 162 g/mol. The minimum absolute atomic E-state index is 0.587. The van der Waals surface area contributed by atoms with Crippen LogP contribution in [0.2, 0.25) is 0 Å². The predicted octanol–water partition coefficient (Wildman–Crippen LogP) is 1.16. The van der Waals surface area contributed by atoms with E-state index in [9.17, 15) is 0 Å². The minimum atomic E-state index is 0.587. The van der Waals surface area contributed by atoms with Crippen LogP contribution >= 0.6 is 0 Å². The van der Waals surface area contributed by atoms with Gasteiger partial charge < -0.3 is 11.5 Å². The van der Waals surface area contributed by atoms with Gasteiger partial charge in [-0.25, -0.2) is 0 Å². The van der Waals surface area contributed by atoms with E-state index in [1.165, 1.54) is 5.56 Å². The second-order valence-corrected chi connectivity index (χ2v) is 2.86. The summed E-state index contributed by atoms with van der Waals surface area (Å²) < 4.78 is 0. The van der Waals surface area contributed by atoms with Crippen LogP contribution in [0.4, 0.5) is 0 Å². The van der Waals surface area contributed by atoms with Crippen molar-refractivity contribution >= 4 is 0 Å². The van der Waals surface area contributed by atoms with Crippen LogP contribution in [-0.2, 0) is 13.0 Å². The van der Waals surface area contributed by atoms with Crippen LogP contribution in [0.3, 0.4) is 0 Å². The van der Waals surface area contributed by atoms with E-state index in [0.717, 1.165) is 12.0 Å². The van der Waals surface area contributed by atoms with Crippen molar-refractivity contribution in [2.45, 2.75) is 13.0 Å². The lowest BCUT2D eigenvalue weighted by Gasteiger charge is -2.01. The summed E-state index contributed by atoms with van der Waals surface area (Å²) in [6, 6.07) is 8.08. The SMILES string of the molecule is C=C(N)Cc1ccc(CN)cc1. The van der Waals surface area contributed by atoms with Gasteiger partial charge in [-0.05, 0) is 11.1 Å². The smallest absolute Gasteiger partial charge is 0.0178 e. The van der Waals surface area contributed by atoms with Crippen LogP contribution in [0, 0.1) is 0 Å². The number of hydrogen-bond donors (Lipinski definition) is 2. The lowest BCUT2D eigenvalue weighted by Crippen LogP contribution is -2.00. The van der Waals surface area contributed by atoms with Crippen LogP contribution < -0.4 is 11.5 Å². The highest BCUT2D eigenvalue weighted by molar-refractivity contribution is 5.24. The zero-order valence-electron chi connectivity index (χ0n) is 7.09. The standard InChI is InChI=1S/C10H14N2/c1-8(12)6-9-2-4-10(7-11)5-3-9/h2-5H,1,6-7,11-12H2. The molecule has 0 saturated heterocycles. The van der Waals surface area contributed by atoms with Crippen LogP contribution in [0.25, 0.3) is 0 Å². The van der Waals surface area contributed by atoms with Gasteiger partial charge in [0, 0.05) is 18.7 Å². The molecule has 0 atom stereocenters. The molecule has 0 spiro atoms. The maximum absolute atomic E-state index is 5.48. The van der Waals surface area contributed by atoms with E-state index in [2.05, 4.69) is 6.58 Å². The average Bonchev–Trinajstić information content (AvgIpc) is 2.05. The zero-order chi connectivity index (χ0) is 8.97. The van der Waals surface area contributed by atoms with Gasteiger partial charge in [0.25, 0.3) is 0 Å². The van der Waals surface area contributed by atoms with Gasteiger partial charge in [-0.2, -0.15) is 0 Å². The Labute approximate surface area is 72.9 Å². The largest absolute Gasteiger partial charge is 0.402 e. The fourth-order valence-electron chi connectivity index (χ4n) is 1.06. The highest BCUT2D eigenvalue weighted by atomic mass is 14.6. The van der Waals surface area contributed by atoms with Gasteiger partial charge in [0.1, 0.15) is 0 Å². The molecular formula is C10H14N2. The Kier molecular flexibility index (Phi) is 2.88. The van der Waals surface area contributed by atoms with Crippen molar-refractivity contribution in [2.24, 2.45) is 11.5 Å². The Morgan fingerprint density at radius 2 is 1.67 bits per heavy atom. The summed E-state index contributed by atoms with van der Waals surface area (Å²) in [7, 11) is 0. The molecular weight excluding hydrogens is 148 g/mol. The molecule has 12 heavy (non-hydrogen) atoms. The van der Waals surface area contributed by atoms with E-state index in [0.29, 0.717) is 12.2 Å². The highest BCUT2D eigenvalue weighted by Crippen LogP contribution is 2.05. The van der Waals surface area contributed by atoms with Gasteiger partial charge in [-0.15, -0.1) is 0 Å². The summed E-state index contributed by atoms with van der Waals surface area (Å²) in [4.78, 5) is 0. The summed E-state index contributed by atoms with van der Waals surface area (Å²) in [5.41, 5.74) is 13.9. The molecule has 4 N–H and O–H groups in total. The zero-order valence-corrected chi connectivity index (χ0v) is 7.09. The van der Waals surface area contributed by atoms with Crippen LogP contribution in [0.5, 0.6) is 0 Å². The molecule has 1 aromatic carbocycles. The molecule has 0 aliphatic carbocycles. The molecule has 0 saturated carbocycles.